The fourth-order valence-electron chi connectivity index (χ4n) is 3.16. The number of nitrogens with one attached hydrogen (secondary N) is 1. The van der Waals surface area contributed by atoms with Crippen LogP contribution in [0.4, 0.5) is 11.5 Å². The van der Waals surface area contributed by atoms with Crippen molar-refractivity contribution >= 4 is 45.1 Å². The minimum Gasteiger partial charge on any atom is -0.354 e. The van der Waals surface area contributed by atoms with Gasteiger partial charge in [0.15, 0.2) is 0 Å². The van der Waals surface area contributed by atoms with Crippen LogP contribution in [0.5, 0.6) is 0 Å². The second-order valence-corrected chi connectivity index (χ2v) is 8.22. The number of carbonyl (C=O) groups excluding carboxylic acids is 1. The summed E-state index contributed by atoms with van der Waals surface area (Å²) < 4.78 is 0.987. The lowest BCUT2D eigenvalue weighted by atomic mass is 10.0. The summed E-state index contributed by atoms with van der Waals surface area (Å²) in [4.78, 5) is 23.3. The molecule has 1 N–H and O–H groups in total. The summed E-state index contributed by atoms with van der Waals surface area (Å²) in [5.74, 6) is 1.26. The van der Waals surface area contributed by atoms with E-state index in [0.29, 0.717) is 11.8 Å². The standard InChI is InChI=1S/C19H23BrN4OS/c1-2-16-5-3-4-10-24(16)17-11-19(22-13-21-17)26-12-18(25)23-15-8-6-14(20)7-9-15/h6-9,11,13,16H,2-5,10,12H2,1H3,(H,23,25)/t16-/m1/s1. The number of halogens is 1. The molecule has 0 aliphatic carbocycles. The van der Waals surface area contributed by atoms with Gasteiger partial charge in [-0.25, -0.2) is 9.97 Å². The van der Waals surface area contributed by atoms with E-state index in [0.717, 1.165) is 34.0 Å². The lowest BCUT2D eigenvalue weighted by molar-refractivity contribution is -0.113. The molecule has 1 aromatic carbocycles. The molecule has 1 aliphatic heterocycles. The van der Waals surface area contributed by atoms with Gasteiger partial charge < -0.3 is 10.2 Å². The third kappa shape index (κ3) is 5.20. The average Bonchev–Trinajstić information content (AvgIpc) is 2.68. The number of anilines is 2. The highest BCUT2D eigenvalue weighted by atomic mass is 79.9. The molecule has 0 unspecified atom stereocenters. The minimum atomic E-state index is -0.0399. The van der Waals surface area contributed by atoms with Crippen LogP contribution >= 0.6 is 27.7 Å². The van der Waals surface area contributed by atoms with Gasteiger partial charge in [0.05, 0.1) is 5.75 Å². The van der Waals surface area contributed by atoms with Crippen molar-refractivity contribution in [3.63, 3.8) is 0 Å². The van der Waals surface area contributed by atoms with Crippen LogP contribution in [0.2, 0.25) is 0 Å². The first-order valence-electron chi connectivity index (χ1n) is 8.92. The molecule has 2 heterocycles. The highest BCUT2D eigenvalue weighted by Crippen LogP contribution is 2.27. The molecular weight excluding hydrogens is 412 g/mol. The van der Waals surface area contributed by atoms with Gasteiger partial charge in [-0.1, -0.05) is 34.6 Å². The third-order valence-corrected chi connectivity index (χ3v) is 5.95. The molecule has 2 aromatic rings. The molecule has 3 rings (SSSR count). The highest BCUT2D eigenvalue weighted by molar-refractivity contribution is 9.10. The largest absolute Gasteiger partial charge is 0.354 e. The van der Waals surface area contributed by atoms with Crippen LogP contribution in [0.3, 0.4) is 0 Å². The normalized spacial score (nSPS) is 17.2. The van der Waals surface area contributed by atoms with E-state index in [4.69, 9.17) is 0 Å². The molecule has 7 heteroatoms. The molecule has 0 bridgehead atoms. The van der Waals surface area contributed by atoms with E-state index in [2.05, 4.69) is 43.0 Å². The fraction of sp³-hybridized carbons (Fsp3) is 0.421. The maximum Gasteiger partial charge on any atom is 0.234 e. The molecule has 1 saturated heterocycles. The molecule has 1 aliphatic rings. The van der Waals surface area contributed by atoms with Crippen molar-refractivity contribution in [2.45, 2.75) is 43.7 Å². The number of hydrogen-bond acceptors (Lipinski definition) is 5. The number of piperidine rings is 1. The van der Waals surface area contributed by atoms with Crippen molar-refractivity contribution in [3.8, 4) is 0 Å². The van der Waals surface area contributed by atoms with Crippen LogP contribution in [0.25, 0.3) is 0 Å². The third-order valence-electron chi connectivity index (χ3n) is 4.50. The molecule has 0 saturated carbocycles. The summed E-state index contributed by atoms with van der Waals surface area (Å²) in [5.41, 5.74) is 0.793. The van der Waals surface area contributed by atoms with Crippen LogP contribution in [-0.2, 0) is 4.79 Å². The SMILES string of the molecule is CC[C@@H]1CCCCN1c1cc(SCC(=O)Nc2ccc(Br)cc2)ncn1. The molecule has 26 heavy (non-hydrogen) atoms. The molecule has 138 valence electrons. The Kier molecular flexibility index (Phi) is 6.91. The molecule has 1 aromatic heterocycles. The van der Waals surface area contributed by atoms with E-state index in [1.807, 2.05) is 30.3 Å². The minimum absolute atomic E-state index is 0.0399. The van der Waals surface area contributed by atoms with Gasteiger partial charge in [0.2, 0.25) is 5.91 Å². The summed E-state index contributed by atoms with van der Waals surface area (Å²) in [6.45, 7) is 3.27. The molecule has 0 radical (unpaired) electrons. The molecular formula is C19H23BrN4OS. The van der Waals surface area contributed by atoms with E-state index in [9.17, 15) is 4.79 Å². The Hall–Kier alpha value is -1.60. The van der Waals surface area contributed by atoms with Crippen LogP contribution in [0.1, 0.15) is 32.6 Å². The van der Waals surface area contributed by atoms with Crippen LogP contribution in [0.15, 0.2) is 46.2 Å². The van der Waals surface area contributed by atoms with Gasteiger partial charge in [-0.3, -0.25) is 4.79 Å². The predicted molar refractivity (Wildman–Crippen MR) is 111 cm³/mol. The maximum absolute atomic E-state index is 12.2. The van der Waals surface area contributed by atoms with Crippen LogP contribution in [-0.4, -0.2) is 34.2 Å². The van der Waals surface area contributed by atoms with E-state index in [1.54, 1.807) is 6.33 Å². The van der Waals surface area contributed by atoms with E-state index < -0.39 is 0 Å². The first-order valence-corrected chi connectivity index (χ1v) is 10.7. The number of aromatic nitrogens is 2. The van der Waals surface area contributed by atoms with Crippen molar-refractivity contribution in [1.29, 1.82) is 0 Å². The summed E-state index contributed by atoms with van der Waals surface area (Å²) >= 11 is 4.83. The summed E-state index contributed by atoms with van der Waals surface area (Å²) in [6, 6.07) is 10.1. The Bertz CT molecular complexity index is 741. The average molecular weight is 435 g/mol. The Morgan fingerprint density at radius 3 is 2.88 bits per heavy atom. The Balaban J connectivity index is 1.58. The Labute approximate surface area is 167 Å². The zero-order valence-corrected chi connectivity index (χ0v) is 17.2. The van der Waals surface area contributed by atoms with E-state index >= 15 is 0 Å². The summed E-state index contributed by atoms with van der Waals surface area (Å²) in [5, 5.41) is 3.73. The highest BCUT2D eigenvalue weighted by Gasteiger charge is 2.22. The monoisotopic (exact) mass is 434 g/mol. The number of hydrogen-bond donors (Lipinski definition) is 1. The van der Waals surface area contributed by atoms with E-state index in [-0.39, 0.29) is 5.91 Å². The number of rotatable bonds is 6. The van der Waals surface area contributed by atoms with Crippen molar-refractivity contribution in [2.75, 3.05) is 22.5 Å². The van der Waals surface area contributed by atoms with Gasteiger partial charge in [0, 0.05) is 28.8 Å². The smallest absolute Gasteiger partial charge is 0.234 e. The number of amides is 1. The van der Waals surface area contributed by atoms with Crippen LogP contribution in [0, 0.1) is 0 Å². The second kappa shape index (κ2) is 9.37. The molecule has 5 nitrogen and oxygen atoms in total. The van der Waals surface area contributed by atoms with Gasteiger partial charge >= 0.3 is 0 Å². The molecule has 1 amide bonds. The van der Waals surface area contributed by atoms with Gasteiger partial charge in [0.1, 0.15) is 17.2 Å². The van der Waals surface area contributed by atoms with Crippen LogP contribution < -0.4 is 10.2 Å². The zero-order valence-electron chi connectivity index (χ0n) is 14.8. The number of carbonyl (C=O) groups is 1. The summed E-state index contributed by atoms with van der Waals surface area (Å²) in [6.07, 6.45) is 6.45. The Morgan fingerprint density at radius 2 is 2.12 bits per heavy atom. The zero-order chi connectivity index (χ0) is 18.4. The Morgan fingerprint density at radius 1 is 1.31 bits per heavy atom. The van der Waals surface area contributed by atoms with Gasteiger partial charge in [0.25, 0.3) is 0 Å². The molecule has 0 spiro atoms. The topological polar surface area (TPSA) is 58.1 Å². The van der Waals surface area contributed by atoms with Gasteiger partial charge in [-0.15, -0.1) is 0 Å². The predicted octanol–water partition coefficient (Wildman–Crippen LogP) is 4.74. The number of nitrogens with zero attached hydrogens (tertiary/aromatic N) is 3. The lowest BCUT2D eigenvalue weighted by Gasteiger charge is -2.36. The molecule has 1 atom stereocenters. The van der Waals surface area contributed by atoms with Crippen molar-refractivity contribution in [2.24, 2.45) is 0 Å². The fourth-order valence-corrected chi connectivity index (χ4v) is 4.09. The first-order chi connectivity index (χ1) is 12.7. The van der Waals surface area contributed by atoms with Gasteiger partial charge in [-0.05, 0) is 49.9 Å². The lowest BCUT2D eigenvalue weighted by Crippen LogP contribution is -2.39. The number of benzene rings is 1. The summed E-state index contributed by atoms with van der Waals surface area (Å²) in [7, 11) is 0. The molecule has 1 fully saturated rings. The second-order valence-electron chi connectivity index (χ2n) is 6.31. The van der Waals surface area contributed by atoms with Crippen molar-refractivity contribution in [1.82, 2.24) is 9.97 Å². The first kappa shape index (κ1) is 19.2. The van der Waals surface area contributed by atoms with E-state index in [1.165, 1.54) is 31.0 Å². The van der Waals surface area contributed by atoms with Crippen molar-refractivity contribution in [3.05, 3.63) is 41.1 Å². The van der Waals surface area contributed by atoms with Crippen molar-refractivity contribution < 1.29 is 4.79 Å². The van der Waals surface area contributed by atoms with Gasteiger partial charge in [-0.2, -0.15) is 0 Å². The number of thioether (sulfide) groups is 1. The quantitative estimate of drug-likeness (QED) is 0.525. The maximum atomic E-state index is 12.2.